The molecule has 0 bridgehead atoms. The predicted octanol–water partition coefficient (Wildman–Crippen LogP) is 1.23. The van der Waals surface area contributed by atoms with Crippen molar-refractivity contribution in [2.24, 2.45) is 10.8 Å². The van der Waals surface area contributed by atoms with Gasteiger partial charge in [-0.15, -0.1) is 0 Å². The van der Waals surface area contributed by atoms with Gasteiger partial charge in [-0.2, -0.15) is 11.8 Å². The monoisotopic (exact) mass is 242 g/mol. The molecule has 2 unspecified atom stereocenters. The van der Waals surface area contributed by atoms with Gasteiger partial charge in [0.15, 0.2) is 0 Å². The highest BCUT2D eigenvalue weighted by molar-refractivity contribution is 7.99. The van der Waals surface area contributed by atoms with E-state index in [0.717, 1.165) is 5.96 Å². The highest BCUT2D eigenvalue weighted by Gasteiger charge is 2.28. The van der Waals surface area contributed by atoms with Crippen LogP contribution in [0.25, 0.3) is 0 Å². The Bertz CT molecular complexity index is 252. The van der Waals surface area contributed by atoms with Crippen LogP contribution in [0.4, 0.5) is 0 Å². The van der Waals surface area contributed by atoms with Gasteiger partial charge in [0.2, 0.25) is 5.96 Å². The van der Waals surface area contributed by atoms with Crippen molar-refractivity contribution >= 4 is 17.7 Å². The van der Waals surface area contributed by atoms with Crippen molar-refractivity contribution in [3.05, 3.63) is 0 Å². The van der Waals surface area contributed by atoms with E-state index in [0.29, 0.717) is 17.3 Å². The van der Waals surface area contributed by atoms with Crippen molar-refractivity contribution in [3.63, 3.8) is 0 Å². The Balaban J connectivity index is 1.90. The number of aliphatic imine (C=N–C) groups is 1. The van der Waals surface area contributed by atoms with E-state index in [4.69, 9.17) is 10.8 Å². The first-order valence-corrected chi connectivity index (χ1v) is 7.31. The lowest BCUT2D eigenvalue weighted by molar-refractivity contribution is 0.695. The minimum atomic E-state index is 0.447. The Hall–Kier alpha value is -0.420. The molecule has 0 aromatic carbocycles. The fraction of sp³-hybridized carbons (Fsp3) is 0.909. The van der Waals surface area contributed by atoms with Gasteiger partial charge in [-0.05, 0) is 31.4 Å². The van der Waals surface area contributed by atoms with E-state index in [1.807, 2.05) is 11.8 Å². The fourth-order valence-electron chi connectivity index (χ4n) is 2.17. The smallest absolute Gasteiger partial charge is 0.206 e. The Labute approximate surface area is 102 Å². The van der Waals surface area contributed by atoms with Gasteiger partial charge in [-0.1, -0.05) is 13.3 Å². The van der Waals surface area contributed by atoms with E-state index >= 15 is 0 Å². The van der Waals surface area contributed by atoms with Crippen molar-refractivity contribution in [3.8, 4) is 0 Å². The molecule has 0 heterocycles. The number of hydrogen-bond donors (Lipinski definition) is 3. The molecule has 5 heteroatoms. The Kier molecular flexibility index (Phi) is 4.35. The van der Waals surface area contributed by atoms with Crippen molar-refractivity contribution < 1.29 is 0 Å². The Morgan fingerprint density at radius 2 is 2.19 bits per heavy atom. The Morgan fingerprint density at radius 3 is 2.81 bits per heavy atom. The van der Waals surface area contributed by atoms with Gasteiger partial charge in [-0.3, -0.25) is 5.43 Å². The summed E-state index contributed by atoms with van der Waals surface area (Å²) in [6.07, 6.45) is 6.30. The quantitative estimate of drug-likeness (QED) is 0.300. The maximum atomic E-state index is 5.50. The van der Waals surface area contributed by atoms with Gasteiger partial charge < -0.3 is 5.32 Å². The summed E-state index contributed by atoms with van der Waals surface area (Å²) in [5, 5.41) is 4.02. The van der Waals surface area contributed by atoms with Gasteiger partial charge in [-0.25, -0.2) is 10.8 Å². The van der Waals surface area contributed by atoms with Crippen LogP contribution in [0.5, 0.6) is 0 Å². The molecule has 92 valence electrons. The maximum absolute atomic E-state index is 5.50. The second kappa shape index (κ2) is 5.77. The van der Waals surface area contributed by atoms with Crippen LogP contribution in [0.3, 0.4) is 0 Å². The largest absolute Gasteiger partial charge is 0.353 e. The summed E-state index contributed by atoms with van der Waals surface area (Å²) >= 11 is 2.03. The van der Waals surface area contributed by atoms with E-state index in [9.17, 15) is 0 Å². The molecule has 0 aliphatic heterocycles. The normalized spacial score (nSPS) is 30.5. The van der Waals surface area contributed by atoms with Crippen LogP contribution in [-0.2, 0) is 0 Å². The molecule has 2 fully saturated rings. The van der Waals surface area contributed by atoms with Crippen LogP contribution in [0.1, 0.15) is 39.0 Å². The third-order valence-electron chi connectivity index (χ3n) is 3.15. The lowest BCUT2D eigenvalue weighted by atomic mass is 10.3. The summed E-state index contributed by atoms with van der Waals surface area (Å²) in [6, 6.07) is 1.05. The number of nitrogens with one attached hydrogen (secondary N) is 2. The van der Waals surface area contributed by atoms with Crippen molar-refractivity contribution in [1.29, 1.82) is 0 Å². The maximum Gasteiger partial charge on any atom is 0.206 e. The molecule has 4 nitrogen and oxygen atoms in total. The molecule has 2 aliphatic carbocycles. The molecular formula is C11H22N4S. The summed E-state index contributed by atoms with van der Waals surface area (Å²) in [6.45, 7) is 2.22. The molecule has 0 saturated heterocycles. The summed E-state index contributed by atoms with van der Waals surface area (Å²) in [5.41, 5.74) is 2.69. The van der Waals surface area contributed by atoms with Crippen LogP contribution >= 0.6 is 11.8 Å². The van der Waals surface area contributed by atoms with Gasteiger partial charge >= 0.3 is 0 Å². The lowest BCUT2D eigenvalue weighted by Gasteiger charge is -2.17. The fourth-order valence-corrected chi connectivity index (χ4v) is 3.35. The van der Waals surface area contributed by atoms with Crippen molar-refractivity contribution in [2.45, 2.75) is 56.4 Å². The third kappa shape index (κ3) is 3.28. The molecule has 2 atom stereocenters. The van der Waals surface area contributed by atoms with Crippen LogP contribution < -0.4 is 16.6 Å². The molecule has 0 radical (unpaired) electrons. The van der Waals surface area contributed by atoms with E-state index in [1.54, 1.807) is 0 Å². The lowest BCUT2D eigenvalue weighted by Crippen LogP contribution is -2.43. The van der Waals surface area contributed by atoms with Gasteiger partial charge in [0.1, 0.15) is 0 Å². The number of hydrazine groups is 1. The molecule has 2 rings (SSSR count). The highest BCUT2D eigenvalue weighted by atomic mass is 32.2. The zero-order valence-corrected chi connectivity index (χ0v) is 10.7. The van der Waals surface area contributed by atoms with E-state index in [1.165, 1.54) is 37.9 Å². The molecule has 0 aromatic rings. The SMILES string of the molecule is CCSC1CCCC1N=C(NN)NC1CC1. The molecule has 16 heavy (non-hydrogen) atoms. The van der Waals surface area contributed by atoms with Gasteiger partial charge in [0.05, 0.1) is 6.04 Å². The number of thioether (sulfide) groups is 1. The van der Waals surface area contributed by atoms with Gasteiger partial charge in [0.25, 0.3) is 0 Å². The summed E-state index contributed by atoms with van der Waals surface area (Å²) in [5.74, 6) is 7.46. The molecule has 0 amide bonds. The molecule has 0 aromatic heterocycles. The van der Waals surface area contributed by atoms with Crippen molar-refractivity contribution in [1.82, 2.24) is 10.7 Å². The first-order chi connectivity index (χ1) is 7.83. The number of rotatable bonds is 4. The topological polar surface area (TPSA) is 62.4 Å². The number of nitrogens with zero attached hydrogens (tertiary/aromatic N) is 1. The third-order valence-corrected chi connectivity index (χ3v) is 4.46. The minimum Gasteiger partial charge on any atom is -0.353 e. The second-order valence-electron chi connectivity index (χ2n) is 4.53. The number of nitrogens with two attached hydrogens (primary N) is 1. The number of hydrogen-bond acceptors (Lipinski definition) is 3. The minimum absolute atomic E-state index is 0.447. The molecule has 2 aliphatic rings. The van der Waals surface area contributed by atoms with Crippen LogP contribution in [0, 0.1) is 0 Å². The van der Waals surface area contributed by atoms with Crippen molar-refractivity contribution in [2.75, 3.05) is 5.75 Å². The molecule has 4 N–H and O–H groups in total. The van der Waals surface area contributed by atoms with E-state index in [2.05, 4.69) is 17.7 Å². The molecule has 2 saturated carbocycles. The Morgan fingerprint density at radius 1 is 1.38 bits per heavy atom. The van der Waals surface area contributed by atoms with Crippen LogP contribution in [-0.4, -0.2) is 29.0 Å². The predicted molar refractivity (Wildman–Crippen MR) is 70.5 cm³/mol. The zero-order chi connectivity index (χ0) is 11.4. The van der Waals surface area contributed by atoms with E-state index < -0.39 is 0 Å². The zero-order valence-electron chi connectivity index (χ0n) is 9.91. The van der Waals surface area contributed by atoms with Crippen LogP contribution in [0.2, 0.25) is 0 Å². The number of guanidine groups is 1. The average Bonchev–Trinajstić information content (AvgIpc) is 3.00. The highest BCUT2D eigenvalue weighted by Crippen LogP contribution is 2.32. The van der Waals surface area contributed by atoms with Crippen LogP contribution in [0.15, 0.2) is 4.99 Å². The summed E-state index contributed by atoms with van der Waals surface area (Å²) < 4.78 is 0. The van der Waals surface area contributed by atoms with E-state index in [-0.39, 0.29) is 0 Å². The summed E-state index contributed by atoms with van der Waals surface area (Å²) in [7, 11) is 0. The average molecular weight is 242 g/mol. The second-order valence-corrected chi connectivity index (χ2v) is 6.05. The summed E-state index contributed by atoms with van der Waals surface area (Å²) in [4.78, 5) is 4.72. The first-order valence-electron chi connectivity index (χ1n) is 6.26. The molecular weight excluding hydrogens is 220 g/mol. The van der Waals surface area contributed by atoms with Gasteiger partial charge in [0, 0.05) is 11.3 Å². The molecule has 0 spiro atoms. The standard InChI is InChI=1S/C11H22N4S/c1-2-16-10-5-3-4-9(10)14-11(15-12)13-8-6-7-8/h8-10H,2-7,12H2,1H3,(H2,13,14,15). The first kappa shape index (κ1) is 12.0.